The summed E-state index contributed by atoms with van der Waals surface area (Å²) in [6.45, 7) is 1.23. The van der Waals surface area contributed by atoms with Crippen molar-refractivity contribution in [1.82, 2.24) is 4.31 Å². The van der Waals surface area contributed by atoms with E-state index >= 15 is 0 Å². The molecule has 2 aliphatic heterocycles. The summed E-state index contributed by atoms with van der Waals surface area (Å²) in [5.74, 6) is -0.709. The predicted molar refractivity (Wildman–Crippen MR) is 78.5 cm³/mol. The lowest BCUT2D eigenvalue weighted by Gasteiger charge is -2.37. The largest absolute Gasteiger partial charge is 0.379 e. The molecule has 0 saturated carbocycles. The zero-order valence-electron chi connectivity index (χ0n) is 12.5. The van der Waals surface area contributed by atoms with Crippen molar-refractivity contribution >= 4 is 10.0 Å². The summed E-state index contributed by atoms with van der Waals surface area (Å²) in [5.41, 5.74) is -0.290. The van der Waals surface area contributed by atoms with Gasteiger partial charge < -0.3 is 9.47 Å². The van der Waals surface area contributed by atoms with Gasteiger partial charge in [0, 0.05) is 26.6 Å². The Labute approximate surface area is 130 Å². The summed E-state index contributed by atoms with van der Waals surface area (Å²) in [6, 6.07) is 5.49. The highest BCUT2D eigenvalue weighted by Gasteiger charge is 2.45. The van der Waals surface area contributed by atoms with Gasteiger partial charge in [-0.05, 0) is 25.0 Å². The minimum absolute atomic E-state index is 0.0784. The average Bonchev–Trinajstić information content (AvgIpc) is 2.91. The quantitative estimate of drug-likeness (QED) is 0.848. The van der Waals surface area contributed by atoms with Crippen LogP contribution in [0.5, 0.6) is 0 Å². The van der Waals surface area contributed by atoms with Gasteiger partial charge in [-0.3, -0.25) is 0 Å². The molecule has 2 fully saturated rings. The second-order valence-corrected chi connectivity index (χ2v) is 7.80. The highest BCUT2D eigenvalue weighted by molar-refractivity contribution is 7.89. The van der Waals surface area contributed by atoms with Crippen molar-refractivity contribution in [2.24, 2.45) is 0 Å². The molecule has 0 N–H and O–H groups in total. The van der Waals surface area contributed by atoms with Crippen LogP contribution in [0.1, 0.15) is 19.3 Å². The molecule has 122 valence electrons. The summed E-state index contributed by atoms with van der Waals surface area (Å²) < 4.78 is 51.4. The van der Waals surface area contributed by atoms with Crippen molar-refractivity contribution in [1.29, 1.82) is 0 Å². The number of piperidine rings is 1. The van der Waals surface area contributed by atoms with E-state index in [0.717, 1.165) is 6.42 Å². The van der Waals surface area contributed by atoms with E-state index in [1.165, 1.54) is 28.6 Å². The summed E-state index contributed by atoms with van der Waals surface area (Å²) in [6.07, 6.45) is 2.09. The fraction of sp³-hybridized carbons (Fsp3) is 0.600. The van der Waals surface area contributed by atoms with Crippen LogP contribution in [0.25, 0.3) is 0 Å². The molecule has 3 rings (SSSR count). The van der Waals surface area contributed by atoms with Gasteiger partial charge in [-0.15, -0.1) is 0 Å². The van der Waals surface area contributed by atoms with Crippen LogP contribution in [-0.2, 0) is 19.5 Å². The number of methoxy groups -OCH3 is 1. The maximum atomic E-state index is 13.8. The molecule has 7 heteroatoms. The fourth-order valence-electron chi connectivity index (χ4n) is 3.23. The van der Waals surface area contributed by atoms with Crippen LogP contribution >= 0.6 is 0 Å². The molecule has 2 heterocycles. The molecular weight excluding hydrogens is 309 g/mol. The molecule has 0 amide bonds. The molecule has 22 heavy (non-hydrogen) atoms. The molecule has 0 bridgehead atoms. The summed E-state index contributed by atoms with van der Waals surface area (Å²) >= 11 is 0. The third-order valence-electron chi connectivity index (χ3n) is 4.60. The number of rotatable bonds is 3. The molecule has 1 aromatic rings. The molecule has 1 atom stereocenters. The maximum Gasteiger partial charge on any atom is 0.245 e. The van der Waals surface area contributed by atoms with E-state index in [1.807, 2.05) is 0 Å². The van der Waals surface area contributed by atoms with Crippen molar-refractivity contribution < 1.29 is 22.3 Å². The van der Waals surface area contributed by atoms with Crippen LogP contribution in [0.2, 0.25) is 0 Å². The van der Waals surface area contributed by atoms with Crippen molar-refractivity contribution in [3.05, 3.63) is 30.1 Å². The number of hydrogen-bond donors (Lipinski definition) is 0. The zero-order valence-corrected chi connectivity index (χ0v) is 13.3. The second kappa shape index (κ2) is 5.88. The normalized spacial score (nSPS) is 25.6. The van der Waals surface area contributed by atoms with Crippen molar-refractivity contribution in [3.63, 3.8) is 0 Å². The smallest absolute Gasteiger partial charge is 0.245 e. The van der Waals surface area contributed by atoms with Crippen molar-refractivity contribution in [2.75, 3.05) is 26.8 Å². The minimum Gasteiger partial charge on any atom is -0.379 e. The fourth-order valence-corrected chi connectivity index (χ4v) is 4.74. The van der Waals surface area contributed by atoms with Crippen molar-refractivity contribution in [2.45, 2.75) is 35.9 Å². The lowest BCUT2D eigenvalue weighted by molar-refractivity contribution is -0.0328. The lowest BCUT2D eigenvalue weighted by Crippen LogP contribution is -2.46. The molecular formula is C15H20FNO4S. The van der Waals surface area contributed by atoms with E-state index < -0.39 is 15.8 Å². The third-order valence-corrected chi connectivity index (χ3v) is 6.53. The van der Waals surface area contributed by atoms with Crippen LogP contribution in [0.15, 0.2) is 29.2 Å². The Morgan fingerprint density at radius 3 is 2.59 bits per heavy atom. The number of benzene rings is 1. The molecule has 0 radical (unpaired) electrons. The number of nitrogens with zero attached hydrogens (tertiary/aromatic N) is 1. The minimum atomic E-state index is -3.79. The average molecular weight is 329 g/mol. The third kappa shape index (κ3) is 2.78. The Morgan fingerprint density at radius 1 is 1.32 bits per heavy atom. The number of halogens is 1. The van der Waals surface area contributed by atoms with E-state index in [-0.39, 0.29) is 16.6 Å². The topological polar surface area (TPSA) is 55.8 Å². The molecule has 0 aromatic heterocycles. The van der Waals surface area contributed by atoms with Gasteiger partial charge in [0.2, 0.25) is 10.0 Å². The van der Waals surface area contributed by atoms with Crippen molar-refractivity contribution in [3.8, 4) is 0 Å². The van der Waals surface area contributed by atoms with E-state index in [0.29, 0.717) is 32.5 Å². The van der Waals surface area contributed by atoms with Gasteiger partial charge in [-0.2, -0.15) is 4.31 Å². The predicted octanol–water partition coefficient (Wildman–Crippen LogP) is 1.78. The first-order valence-corrected chi connectivity index (χ1v) is 8.82. The zero-order chi connectivity index (χ0) is 15.8. The highest BCUT2D eigenvalue weighted by atomic mass is 32.2. The molecule has 2 aliphatic rings. The second-order valence-electron chi connectivity index (χ2n) is 5.89. The Hall–Kier alpha value is -1.02. The van der Waals surface area contributed by atoms with Crippen LogP contribution in [0.4, 0.5) is 4.39 Å². The first kappa shape index (κ1) is 15.9. The van der Waals surface area contributed by atoms with Crippen LogP contribution in [-0.4, -0.2) is 51.2 Å². The van der Waals surface area contributed by atoms with Crippen LogP contribution in [0.3, 0.4) is 0 Å². The van der Waals surface area contributed by atoms with Gasteiger partial charge in [0.25, 0.3) is 0 Å². The maximum absolute atomic E-state index is 13.8. The number of ether oxygens (including phenoxy) is 2. The Balaban J connectivity index is 1.73. The van der Waals surface area contributed by atoms with E-state index in [4.69, 9.17) is 9.47 Å². The molecule has 1 aromatic carbocycles. The summed E-state index contributed by atoms with van der Waals surface area (Å²) in [4.78, 5) is -0.256. The lowest BCUT2D eigenvalue weighted by atomic mass is 9.89. The standard InChI is InChI=1S/C15H20FNO4S/c1-20-12-10-15(21-11-12)6-8-17(9-7-15)22(18,19)14-5-3-2-4-13(14)16/h2-5,12H,6-11H2,1H3/t12-/m0/s1. The van der Waals surface area contributed by atoms with E-state index in [9.17, 15) is 12.8 Å². The number of sulfonamides is 1. The molecule has 0 unspecified atom stereocenters. The molecule has 0 aliphatic carbocycles. The Bertz CT molecular complexity index is 641. The Morgan fingerprint density at radius 2 is 2.00 bits per heavy atom. The SMILES string of the molecule is CO[C@@H]1COC2(CCN(S(=O)(=O)c3ccccc3F)CC2)C1. The van der Waals surface area contributed by atoms with Gasteiger partial charge in [0.15, 0.2) is 0 Å². The molecule has 5 nitrogen and oxygen atoms in total. The Kier molecular flexibility index (Phi) is 4.24. The van der Waals surface area contributed by atoms with Gasteiger partial charge >= 0.3 is 0 Å². The van der Waals surface area contributed by atoms with Gasteiger partial charge in [0.1, 0.15) is 10.7 Å². The molecule has 2 saturated heterocycles. The highest BCUT2D eigenvalue weighted by Crippen LogP contribution is 2.38. The first-order chi connectivity index (χ1) is 10.5. The molecule has 1 spiro atoms. The van der Waals surface area contributed by atoms with Gasteiger partial charge in [-0.25, -0.2) is 12.8 Å². The summed E-state index contributed by atoms with van der Waals surface area (Å²) in [7, 11) is -2.13. The van der Waals surface area contributed by atoms with E-state index in [1.54, 1.807) is 7.11 Å². The summed E-state index contributed by atoms with van der Waals surface area (Å²) in [5, 5.41) is 0. The van der Waals surface area contributed by atoms with Crippen LogP contribution < -0.4 is 0 Å². The van der Waals surface area contributed by atoms with Crippen LogP contribution in [0, 0.1) is 5.82 Å². The van der Waals surface area contributed by atoms with E-state index in [2.05, 4.69) is 0 Å². The monoisotopic (exact) mass is 329 g/mol. The van der Waals surface area contributed by atoms with Gasteiger partial charge in [-0.1, -0.05) is 12.1 Å². The van der Waals surface area contributed by atoms with Gasteiger partial charge in [0.05, 0.1) is 18.3 Å². The first-order valence-electron chi connectivity index (χ1n) is 7.38. The number of hydrogen-bond acceptors (Lipinski definition) is 4.